The van der Waals surface area contributed by atoms with Crippen molar-refractivity contribution in [1.29, 1.82) is 0 Å². The summed E-state index contributed by atoms with van der Waals surface area (Å²) in [5.74, 6) is 5.88. The Hall–Kier alpha value is -1.06. The van der Waals surface area contributed by atoms with Crippen LogP contribution in [0.2, 0.25) is 0 Å². The van der Waals surface area contributed by atoms with Gasteiger partial charge in [0, 0.05) is 5.56 Å². The molecule has 2 N–H and O–H groups in total. The molecule has 1 aromatic rings. The van der Waals surface area contributed by atoms with Crippen LogP contribution in [-0.2, 0) is 11.4 Å². The molecule has 1 aromatic carbocycles. The summed E-state index contributed by atoms with van der Waals surface area (Å²) in [6.07, 6.45) is 0. The van der Waals surface area contributed by atoms with E-state index in [1.165, 1.54) is 5.56 Å². The van der Waals surface area contributed by atoms with E-state index in [1.54, 1.807) is 7.11 Å². The lowest BCUT2D eigenvalue weighted by Gasteiger charge is -2.12. The first-order valence-electron chi connectivity index (χ1n) is 4.15. The van der Waals surface area contributed by atoms with Crippen molar-refractivity contribution < 1.29 is 9.57 Å². The highest BCUT2D eigenvalue weighted by Gasteiger charge is 2.07. The molecule has 3 heteroatoms. The van der Waals surface area contributed by atoms with Crippen molar-refractivity contribution in [3.63, 3.8) is 0 Å². The average molecular weight is 181 g/mol. The summed E-state index contributed by atoms with van der Waals surface area (Å²) in [6.45, 7) is 4.45. The lowest BCUT2D eigenvalue weighted by molar-refractivity contribution is 0.122. The van der Waals surface area contributed by atoms with Gasteiger partial charge in [0.05, 0.1) is 13.7 Å². The van der Waals surface area contributed by atoms with E-state index in [9.17, 15) is 0 Å². The molecule has 0 heterocycles. The van der Waals surface area contributed by atoms with Crippen LogP contribution in [0, 0.1) is 13.8 Å². The van der Waals surface area contributed by atoms with Crippen LogP contribution in [0.1, 0.15) is 16.7 Å². The second-order valence-electron chi connectivity index (χ2n) is 3.01. The predicted molar refractivity (Wildman–Crippen MR) is 51.4 cm³/mol. The standard InChI is InChI=1S/C10H15NO2/c1-7-4-5-9(6-13-11)10(12-3)8(7)2/h4-5H,6,11H2,1-3H3. The van der Waals surface area contributed by atoms with Crippen LogP contribution in [0.5, 0.6) is 5.75 Å². The Morgan fingerprint density at radius 3 is 2.54 bits per heavy atom. The Morgan fingerprint density at radius 2 is 2.00 bits per heavy atom. The summed E-state index contributed by atoms with van der Waals surface area (Å²) < 4.78 is 5.27. The molecule has 0 aliphatic rings. The number of aryl methyl sites for hydroxylation is 1. The number of ether oxygens (including phenoxy) is 1. The molecule has 0 saturated heterocycles. The van der Waals surface area contributed by atoms with Crippen LogP contribution in [0.4, 0.5) is 0 Å². The fourth-order valence-corrected chi connectivity index (χ4v) is 1.33. The van der Waals surface area contributed by atoms with Gasteiger partial charge in [-0.05, 0) is 25.0 Å². The monoisotopic (exact) mass is 181 g/mol. The van der Waals surface area contributed by atoms with E-state index in [4.69, 9.17) is 10.6 Å². The summed E-state index contributed by atoms with van der Waals surface area (Å²) in [6, 6.07) is 4.00. The number of rotatable bonds is 3. The molecule has 0 spiro atoms. The van der Waals surface area contributed by atoms with Gasteiger partial charge >= 0.3 is 0 Å². The van der Waals surface area contributed by atoms with Crippen LogP contribution in [0.15, 0.2) is 12.1 Å². The van der Waals surface area contributed by atoms with E-state index in [1.807, 2.05) is 26.0 Å². The van der Waals surface area contributed by atoms with Gasteiger partial charge < -0.3 is 4.74 Å². The van der Waals surface area contributed by atoms with Crippen LogP contribution in [0.25, 0.3) is 0 Å². The zero-order valence-electron chi connectivity index (χ0n) is 8.26. The normalized spacial score (nSPS) is 10.2. The van der Waals surface area contributed by atoms with Crippen LogP contribution < -0.4 is 10.6 Å². The molecule has 0 aliphatic heterocycles. The Morgan fingerprint density at radius 1 is 1.31 bits per heavy atom. The largest absolute Gasteiger partial charge is 0.496 e. The molecule has 0 amide bonds. The highest BCUT2D eigenvalue weighted by atomic mass is 16.6. The Bertz CT molecular complexity index is 297. The van der Waals surface area contributed by atoms with E-state index in [2.05, 4.69) is 4.84 Å². The number of hydrogen-bond acceptors (Lipinski definition) is 3. The maximum absolute atomic E-state index is 5.27. The Balaban J connectivity index is 3.13. The third kappa shape index (κ3) is 1.99. The van der Waals surface area contributed by atoms with Gasteiger partial charge in [0.15, 0.2) is 0 Å². The SMILES string of the molecule is COc1c(CON)ccc(C)c1C. The number of benzene rings is 1. The van der Waals surface area contributed by atoms with Gasteiger partial charge in [-0.15, -0.1) is 0 Å². The molecule has 0 saturated carbocycles. The molecule has 0 unspecified atom stereocenters. The molecule has 72 valence electrons. The Kier molecular flexibility index (Phi) is 3.28. The first-order valence-corrected chi connectivity index (χ1v) is 4.15. The van der Waals surface area contributed by atoms with Crippen molar-refractivity contribution in [2.24, 2.45) is 5.90 Å². The molecule has 0 radical (unpaired) electrons. The first kappa shape index (κ1) is 10.0. The lowest BCUT2D eigenvalue weighted by atomic mass is 10.0. The summed E-state index contributed by atoms with van der Waals surface area (Å²) >= 11 is 0. The zero-order valence-corrected chi connectivity index (χ0v) is 8.26. The highest BCUT2D eigenvalue weighted by molar-refractivity contribution is 5.44. The van der Waals surface area contributed by atoms with Gasteiger partial charge in [0.25, 0.3) is 0 Å². The third-order valence-corrected chi connectivity index (χ3v) is 2.20. The molecule has 0 aromatic heterocycles. The second kappa shape index (κ2) is 4.25. The topological polar surface area (TPSA) is 44.5 Å². The molecule has 3 nitrogen and oxygen atoms in total. The van der Waals surface area contributed by atoms with Gasteiger partial charge in [-0.3, -0.25) is 4.84 Å². The molecule has 1 rings (SSSR count). The maximum atomic E-state index is 5.27. The number of nitrogens with two attached hydrogens (primary N) is 1. The van der Waals surface area contributed by atoms with E-state index in [0.29, 0.717) is 6.61 Å². The lowest BCUT2D eigenvalue weighted by Crippen LogP contribution is -2.02. The molecule has 13 heavy (non-hydrogen) atoms. The highest BCUT2D eigenvalue weighted by Crippen LogP contribution is 2.26. The second-order valence-corrected chi connectivity index (χ2v) is 3.01. The third-order valence-electron chi connectivity index (χ3n) is 2.20. The van der Waals surface area contributed by atoms with Crippen molar-refractivity contribution in [2.45, 2.75) is 20.5 Å². The van der Waals surface area contributed by atoms with Gasteiger partial charge in [-0.2, -0.15) is 0 Å². The quantitative estimate of drug-likeness (QED) is 0.722. The molecular weight excluding hydrogens is 166 g/mol. The summed E-state index contributed by atoms with van der Waals surface area (Å²) in [7, 11) is 1.65. The summed E-state index contributed by atoms with van der Waals surface area (Å²) in [5.41, 5.74) is 3.32. The van der Waals surface area contributed by atoms with Crippen molar-refractivity contribution in [3.8, 4) is 5.75 Å². The Labute approximate surface area is 78.4 Å². The zero-order chi connectivity index (χ0) is 9.84. The van der Waals surface area contributed by atoms with E-state index >= 15 is 0 Å². The molecule has 0 atom stereocenters. The molecule has 0 fully saturated rings. The van der Waals surface area contributed by atoms with Crippen LogP contribution >= 0.6 is 0 Å². The minimum atomic E-state index is 0.379. The smallest absolute Gasteiger partial charge is 0.127 e. The van der Waals surface area contributed by atoms with Gasteiger partial charge in [0.2, 0.25) is 0 Å². The van der Waals surface area contributed by atoms with Crippen molar-refractivity contribution in [2.75, 3.05) is 7.11 Å². The van der Waals surface area contributed by atoms with Crippen LogP contribution in [0.3, 0.4) is 0 Å². The van der Waals surface area contributed by atoms with Crippen molar-refractivity contribution >= 4 is 0 Å². The van der Waals surface area contributed by atoms with Gasteiger partial charge in [0.1, 0.15) is 5.75 Å². The van der Waals surface area contributed by atoms with Crippen molar-refractivity contribution in [3.05, 3.63) is 28.8 Å². The van der Waals surface area contributed by atoms with Gasteiger partial charge in [-0.1, -0.05) is 12.1 Å². The number of hydrogen-bond donors (Lipinski definition) is 1. The first-order chi connectivity index (χ1) is 6.20. The van der Waals surface area contributed by atoms with Crippen LogP contribution in [-0.4, -0.2) is 7.11 Å². The van der Waals surface area contributed by atoms with E-state index < -0.39 is 0 Å². The summed E-state index contributed by atoms with van der Waals surface area (Å²) in [4.78, 5) is 4.59. The molecular formula is C10H15NO2. The summed E-state index contributed by atoms with van der Waals surface area (Å²) in [5, 5.41) is 0. The fourth-order valence-electron chi connectivity index (χ4n) is 1.33. The molecule has 0 bridgehead atoms. The average Bonchev–Trinajstić information content (AvgIpc) is 2.12. The fraction of sp³-hybridized carbons (Fsp3) is 0.400. The maximum Gasteiger partial charge on any atom is 0.127 e. The minimum Gasteiger partial charge on any atom is -0.496 e. The van der Waals surface area contributed by atoms with E-state index in [-0.39, 0.29) is 0 Å². The van der Waals surface area contributed by atoms with E-state index in [0.717, 1.165) is 16.9 Å². The molecule has 0 aliphatic carbocycles. The predicted octanol–water partition coefficient (Wildman–Crippen LogP) is 1.70. The van der Waals surface area contributed by atoms with Gasteiger partial charge in [-0.25, -0.2) is 5.90 Å². The minimum absolute atomic E-state index is 0.379. The number of methoxy groups -OCH3 is 1. The van der Waals surface area contributed by atoms with Crippen molar-refractivity contribution in [1.82, 2.24) is 0 Å².